The van der Waals surface area contributed by atoms with Crippen molar-refractivity contribution in [3.63, 3.8) is 0 Å². The zero-order valence-electron chi connectivity index (χ0n) is 11.3. The number of hydrogen-bond donors (Lipinski definition) is 2. The Balaban J connectivity index is 2.14. The van der Waals surface area contributed by atoms with Gasteiger partial charge in [0.2, 0.25) is 10.0 Å². The van der Waals surface area contributed by atoms with Gasteiger partial charge in [0.05, 0.1) is 5.02 Å². The summed E-state index contributed by atoms with van der Waals surface area (Å²) in [7, 11) is -3.59. The lowest BCUT2D eigenvalue weighted by molar-refractivity contribution is 0.421. The normalized spacial score (nSPS) is 23.7. The van der Waals surface area contributed by atoms with Crippen LogP contribution in [-0.2, 0) is 10.0 Å². The molecule has 0 radical (unpaired) electrons. The van der Waals surface area contributed by atoms with Crippen LogP contribution >= 0.6 is 23.4 Å². The summed E-state index contributed by atoms with van der Waals surface area (Å²) in [4.78, 5) is 0.0969. The van der Waals surface area contributed by atoms with Crippen LogP contribution in [-0.4, -0.2) is 26.0 Å². The fraction of sp³-hybridized carbons (Fsp3) is 0.538. The first-order valence-electron chi connectivity index (χ1n) is 6.52. The van der Waals surface area contributed by atoms with Gasteiger partial charge in [-0.2, -0.15) is 11.8 Å². The topological polar surface area (TPSA) is 72.2 Å². The van der Waals surface area contributed by atoms with Gasteiger partial charge in [0.15, 0.2) is 0 Å². The Morgan fingerprint density at radius 2 is 2.15 bits per heavy atom. The van der Waals surface area contributed by atoms with Crippen LogP contribution in [0, 0.1) is 0 Å². The number of rotatable bonds is 4. The lowest BCUT2D eigenvalue weighted by atomic mass is 9.96. The Hall–Kier alpha value is -0.430. The molecule has 20 heavy (non-hydrogen) atoms. The lowest BCUT2D eigenvalue weighted by Gasteiger charge is -2.28. The number of nitrogen functional groups attached to an aromatic ring is 1. The molecule has 2 rings (SSSR count). The number of sulfonamides is 1. The standard InChI is InChI=1S/C13H19ClN2O2S2/c1-19-11-4-2-3-10(8-11)16-20(17,18)13-6-5-9(15)7-12(13)14/h5-7,10-11,16H,2-4,8,15H2,1H3. The molecule has 0 aromatic heterocycles. The molecule has 0 amide bonds. The Bertz CT molecular complexity index is 578. The zero-order chi connectivity index (χ0) is 14.8. The van der Waals surface area contributed by atoms with Crippen molar-refractivity contribution in [2.24, 2.45) is 0 Å². The maximum atomic E-state index is 12.4. The third kappa shape index (κ3) is 3.81. The molecule has 1 aliphatic rings. The van der Waals surface area contributed by atoms with Crippen LogP contribution in [0.5, 0.6) is 0 Å². The number of thioether (sulfide) groups is 1. The molecule has 0 saturated heterocycles. The number of benzene rings is 1. The summed E-state index contributed by atoms with van der Waals surface area (Å²) in [6, 6.07) is 4.45. The molecule has 7 heteroatoms. The van der Waals surface area contributed by atoms with E-state index in [9.17, 15) is 8.42 Å². The van der Waals surface area contributed by atoms with E-state index in [1.54, 1.807) is 17.8 Å². The quantitative estimate of drug-likeness (QED) is 0.830. The molecule has 1 saturated carbocycles. The fourth-order valence-corrected chi connectivity index (χ4v) is 5.15. The zero-order valence-corrected chi connectivity index (χ0v) is 13.7. The van der Waals surface area contributed by atoms with E-state index in [4.69, 9.17) is 17.3 Å². The van der Waals surface area contributed by atoms with Crippen LogP contribution in [0.25, 0.3) is 0 Å². The average molecular weight is 335 g/mol. The third-order valence-electron chi connectivity index (χ3n) is 3.53. The van der Waals surface area contributed by atoms with Crippen molar-refractivity contribution in [1.82, 2.24) is 4.72 Å². The van der Waals surface area contributed by atoms with Crippen LogP contribution in [0.3, 0.4) is 0 Å². The Morgan fingerprint density at radius 1 is 1.40 bits per heavy atom. The van der Waals surface area contributed by atoms with E-state index < -0.39 is 10.0 Å². The van der Waals surface area contributed by atoms with Crippen LogP contribution in [0.1, 0.15) is 25.7 Å². The Labute approximate surface area is 129 Å². The first kappa shape index (κ1) is 15.9. The SMILES string of the molecule is CSC1CCCC(NS(=O)(=O)c2ccc(N)cc2Cl)C1. The molecule has 1 fully saturated rings. The minimum Gasteiger partial charge on any atom is -0.399 e. The van der Waals surface area contributed by atoms with Crippen LogP contribution < -0.4 is 10.5 Å². The van der Waals surface area contributed by atoms with E-state index in [2.05, 4.69) is 11.0 Å². The Morgan fingerprint density at radius 3 is 2.80 bits per heavy atom. The average Bonchev–Trinajstić information content (AvgIpc) is 2.37. The second-order valence-electron chi connectivity index (χ2n) is 5.03. The van der Waals surface area contributed by atoms with Gasteiger partial charge in [-0.1, -0.05) is 18.0 Å². The van der Waals surface area contributed by atoms with Crippen molar-refractivity contribution in [2.75, 3.05) is 12.0 Å². The minimum absolute atomic E-state index is 0.0141. The van der Waals surface area contributed by atoms with Crippen molar-refractivity contribution in [2.45, 2.75) is 41.9 Å². The van der Waals surface area contributed by atoms with E-state index in [0.29, 0.717) is 10.9 Å². The highest BCUT2D eigenvalue weighted by atomic mass is 35.5. The van der Waals surface area contributed by atoms with Crippen LogP contribution in [0.4, 0.5) is 5.69 Å². The van der Waals surface area contributed by atoms with Gasteiger partial charge in [-0.15, -0.1) is 0 Å². The van der Waals surface area contributed by atoms with Crippen LogP contribution in [0.2, 0.25) is 5.02 Å². The molecule has 1 aromatic carbocycles. The van der Waals surface area contributed by atoms with Gasteiger partial charge in [0, 0.05) is 17.0 Å². The third-order valence-corrected chi connectivity index (χ3v) is 6.62. The molecule has 4 nitrogen and oxygen atoms in total. The summed E-state index contributed by atoms with van der Waals surface area (Å²) < 4.78 is 27.5. The molecule has 0 aliphatic heterocycles. The summed E-state index contributed by atoms with van der Waals surface area (Å²) in [5, 5.41) is 0.688. The maximum absolute atomic E-state index is 12.4. The molecule has 2 atom stereocenters. The van der Waals surface area contributed by atoms with E-state index in [1.807, 2.05) is 0 Å². The maximum Gasteiger partial charge on any atom is 0.242 e. The number of nitrogens with two attached hydrogens (primary N) is 1. The molecule has 0 heterocycles. The predicted octanol–water partition coefficient (Wildman–Crippen LogP) is 2.87. The van der Waals surface area contributed by atoms with Gasteiger partial charge in [-0.3, -0.25) is 0 Å². The predicted molar refractivity (Wildman–Crippen MR) is 85.7 cm³/mol. The molecular formula is C13H19ClN2O2S2. The largest absolute Gasteiger partial charge is 0.399 e. The number of hydrogen-bond acceptors (Lipinski definition) is 4. The van der Waals surface area contributed by atoms with Gasteiger partial charge < -0.3 is 5.73 Å². The molecule has 0 spiro atoms. The summed E-state index contributed by atoms with van der Waals surface area (Å²) >= 11 is 7.78. The fourth-order valence-electron chi connectivity index (χ4n) is 2.48. The minimum atomic E-state index is -3.59. The molecule has 3 N–H and O–H groups in total. The van der Waals surface area contributed by atoms with Crippen molar-refractivity contribution in [3.05, 3.63) is 23.2 Å². The number of anilines is 1. The van der Waals surface area contributed by atoms with E-state index in [1.165, 1.54) is 12.1 Å². The van der Waals surface area contributed by atoms with Crippen LogP contribution in [0.15, 0.2) is 23.1 Å². The number of halogens is 1. The first-order chi connectivity index (χ1) is 9.42. The summed E-state index contributed by atoms with van der Waals surface area (Å²) in [5.74, 6) is 0. The second kappa shape index (κ2) is 6.56. The summed E-state index contributed by atoms with van der Waals surface area (Å²) in [6.07, 6.45) is 6.02. The molecule has 1 aromatic rings. The van der Waals surface area contributed by atoms with Gasteiger partial charge >= 0.3 is 0 Å². The highest BCUT2D eigenvalue weighted by Crippen LogP contribution is 2.29. The molecular weight excluding hydrogens is 316 g/mol. The lowest BCUT2D eigenvalue weighted by Crippen LogP contribution is -2.39. The van der Waals surface area contributed by atoms with Crippen molar-refractivity contribution in [1.29, 1.82) is 0 Å². The van der Waals surface area contributed by atoms with Gasteiger partial charge in [0.25, 0.3) is 0 Å². The summed E-state index contributed by atoms with van der Waals surface area (Å²) in [5.41, 5.74) is 6.04. The highest BCUT2D eigenvalue weighted by Gasteiger charge is 2.27. The van der Waals surface area contributed by atoms with Gasteiger partial charge in [0.1, 0.15) is 4.90 Å². The molecule has 112 valence electrons. The Kier molecular flexibility index (Phi) is 5.23. The molecule has 1 aliphatic carbocycles. The van der Waals surface area contributed by atoms with Gasteiger partial charge in [-0.25, -0.2) is 13.1 Å². The first-order valence-corrected chi connectivity index (χ1v) is 9.67. The smallest absolute Gasteiger partial charge is 0.242 e. The second-order valence-corrected chi connectivity index (χ2v) is 8.26. The highest BCUT2D eigenvalue weighted by molar-refractivity contribution is 7.99. The molecule has 0 bridgehead atoms. The van der Waals surface area contributed by atoms with E-state index in [0.717, 1.165) is 25.7 Å². The number of nitrogens with one attached hydrogen (secondary N) is 1. The van der Waals surface area contributed by atoms with Crippen molar-refractivity contribution >= 4 is 39.1 Å². The van der Waals surface area contributed by atoms with Crippen molar-refractivity contribution in [3.8, 4) is 0 Å². The summed E-state index contributed by atoms with van der Waals surface area (Å²) in [6.45, 7) is 0. The molecule has 2 unspecified atom stereocenters. The monoisotopic (exact) mass is 334 g/mol. The van der Waals surface area contributed by atoms with Gasteiger partial charge in [-0.05, 0) is 43.7 Å². The van der Waals surface area contributed by atoms with Crippen molar-refractivity contribution < 1.29 is 8.42 Å². The van der Waals surface area contributed by atoms with E-state index in [-0.39, 0.29) is 16.0 Å². The van der Waals surface area contributed by atoms with E-state index >= 15 is 0 Å².